The Labute approximate surface area is 65.2 Å². The first kappa shape index (κ1) is 8.79. The first-order valence-electron chi connectivity index (χ1n) is 2.36. The fourth-order valence-electron chi connectivity index (χ4n) is 0.541. The van der Waals surface area contributed by atoms with Gasteiger partial charge in [-0.3, -0.25) is 4.68 Å². The van der Waals surface area contributed by atoms with E-state index >= 15 is 0 Å². The summed E-state index contributed by atoms with van der Waals surface area (Å²) in [5.74, 6) is 0.549. The zero-order chi connectivity index (χ0) is 5.98. The fourth-order valence-corrected chi connectivity index (χ4v) is 0.679. The predicted molar refractivity (Wildman–Crippen MR) is 40.0 cm³/mol. The minimum Gasteiger partial charge on any atom is -0.275 e. The number of alkyl halides is 1. The van der Waals surface area contributed by atoms with Crippen molar-refractivity contribution in [3.05, 3.63) is 18.0 Å². The smallest absolute Gasteiger partial charge is 0.0533 e. The van der Waals surface area contributed by atoms with Crippen LogP contribution < -0.4 is 0 Å². The summed E-state index contributed by atoms with van der Waals surface area (Å²) < 4.78 is 1.73. The van der Waals surface area contributed by atoms with Crippen LogP contribution in [0, 0.1) is 0 Å². The van der Waals surface area contributed by atoms with Crippen LogP contribution in [-0.2, 0) is 12.9 Å². The standard InChI is InChI=1S/C5H7ClN2.ClH/c1-8-4-5(2-6)3-7-8;/h3-4H,2H2,1H3;1H. The lowest BCUT2D eigenvalue weighted by Crippen LogP contribution is -1.84. The largest absolute Gasteiger partial charge is 0.275 e. The number of aryl methyl sites for hydroxylation is 1. The molecule has 0 fully saturated rings. The van der Waals surface area contributed by atoms with Crippen LogP contribution in [0.3, 0.4) is 0 Å². The Bertz CT molecular complexity index is 173. The fraction of sp³-hybridized carbons (Fsp3) is 0.400. The third-order valence-electron chi connectivity index (χ3n) is 0.913. The summed E-state index contributed by atoms with van der Waals surface area (Å²) in [5, 5.41) is 3.92. The van der Waals surface area contributed by atoms with Crippen LogP contribution in [0.15, 0.2) is 12.4 Å². The van der Waals surface area contributed by atoms with Crippen LogP contribution in [0.5, 0.6) is 0 Å². The van der Waals surface area contributed by atoms with Crippen molar-refractivity contribution in [3.8, 4) is 0 Å². The molecule has 0 saturated carbocycles. The Morgan fingerprint density at radius 2 is 2.44 bits per heavy atom. The molecule has 0 N–H and O–H groups in total. The Kier molecular flexibility index (Phi) is 3.66. The molecule has 0 radical (unpaired) electrons. The number of nitrogens with zero attached hydrogens (tertiary/aromatic N) is 2. The molecule has 1 rings (SSSR count). The first-order valence-corrected chi connectivity index (χ1v) is 2.90. The second-order valence-electron chi connectivity index (χ2n) is 1.66. The monoisotopic (exact) mass is 166 g/mol. The molecule has 4 heteroatoms. The Morgan fingerprint density at radius 1 is 1.78 bits per heavy atom. The summed E-state index contributed by atoms with van der Waals surface area (Å²) >= 11 is 5.49. The van der Waals surface area contributed by atoms with Gasteiger partial charge in [0.2, 0.25) is 0 Å². The van der Waals surface area contributed by atoms with Crippen LogP contribution >= 0.6 is 24.0 Å². The van der Waals surface area contributed by atoms with Gasteiger partial charge in [0, 0.05) is 18.8 Å². The molecular formula is C5H8Cl2N2. The second kappa shape index (κ2) is 3.75. The van der Waals surface area contributed by atoms with Gasteiger partial charge in [0.15, 0.2) is 0 Å². The van der Waals surface area contributed by atoms with Crippen molar-refractivity contribution in [1.29, 1.82) is 0 Å². The van der Waals surface area contributed by atoms with Crippen LogP contribution in [0.1, 0.15) is 5.56 Å². The lowest BCUT2D eigenvalue weighted by molar-refractivity contribution is 0.767. The maximum atomic E-state index is 5.49. The van der Waals surface area contributed by atoms with Gasteiger partial charge in [-0.25, -0.2) is 0 Å². The summed E-state index contributed by atoms with van der Waals surface area (Å²) in [6.45, 7) is 0. The van der Waals surface area contributed by atoms with Crippen LogP contribution in [0.4, 0.5) is 0 Å². The summed E-state index contributed by atoms with van der Waals surface area (Å²) in [4.78, 5) is 0. The van der Waals surface area contributed by atoms with Gasteiger partial charge >= 0.3 is 0 Å². The van der Waals surface area contributed by atoms with E-state index < -0.39 is 0 Å². The van der Waals surface area contributed by atoms with Crippen molar-refractivity contribution in [1.82, 2.24) is 9.78 Å². The van der Waals surface area contributed by atoms with Gasteiger partial charge in [0.25, 0.3) is 0 Å². The maximum Gasteiger partial charge on any atom is 0.0533 e. The molecular weight excluding hydrogens is 159 g/mol. The molecule has 0 aliphatic heterocycles. The van der Waals surface area contributed by atoms with Gasteiger partial charge in [-0.1, -0.05) is 0 Å². The molecule has 0 bridgehead atoms. The number of halogens is 2. The second-order valence-corrected chi connectivity index (χ2v) is 1.92. The van der Waals surface area contributed by atoms with Gasteiger partial charge < -0.3 is 0 Å². The molecule has 0 aliphatic carbocycles. The third kappa shape index (κ3) is 2.24. The average Bonchev–Trinajstić information content (AvgIpc) is 2.14. The zero-order valence-corrected chi connectivity index (χ0v) is 6.61. The van der Waals surface area contributed by atoms with Gasteiger partial charge in [-0.2, -0.15) is 5.10 Å². The highest BCUT2D eigenvalue weighted by molar-refractivity contribution is 6.17. The first-order chi connectivity index (χ1) is 3.83. The Balaban J connectivity index is 0.000000640. The highest BCUT2D eigenvalue weighted by Crippen LogP contribution is 1.98. The van der Waals surface area contributed by atoms with E-state index in [-0.39, 0.29) is 12.4 Å². The molecule has 2 nitrogen and oxygen atoms in total. The topological polar surface area (TPSA) is 17.8 Å². The molecule has 1 heterocycles. The minimum absolute atomic E-state index is 0. The zero-order valence-electron chi connectivity index (χ0n) is 5.04. The maximum absolute atomic E-state index is 5.49. The summed E-state index contributed by atoms with van der Waals surface area (Å²) in [5.41, 5.74) is 1.06. The van der Waals surface area contributed by atoms with E-state index in [2.05, 4.69) is 5.10 Å². The van der Waals surface area contributed by atoms with Crippen molar-refractivity contribution >= 4 is 24.0 Å². The van der Waals surface area contributed by atoms with Gasteiger partial charge in [0.05, 0.1) is 12.1 Å². The summed E-state index contributed by atoms with van der Waals surface area (Å²) in [6.07, 6.45) is 3.65. The normalized spacial score (nSPS) is 8.67. The number of hydrogen-bond acceptors (Lipinski definition) is 1. The minimum atomic E-state index is 0. The number of aromatic nitrogens is 2. The molecule has 0 atom stereocenters. The molecule has 0 spiro atoms. The summed E-state index contributed by atoms with van der Waals surface area (Å²) in [6, 6.07) is 0. The Morgan fingerprint density at radius 3 is 2.67 bits per heavy atom. The van der Waals surface area contributed by atoms with E-state index in [0.717, 1.165) is 5.56 Å². The van der Waals surface area contributed by atoms with Gasteiger partial charge in [-0.05, 0) is 0 Å². The van der Waals surface area contributed by atoms with Crippen LogP contribution in [0.2, 0.25) is 0 Å². The highest BCUT2D eigenvalue weighted by atomic mass is 35.5. The quantitative estimate of drug-likeness (QED) is 0.580. The predicted octanol–water partition coefficient (Wildman–Crippen LogP) is 1.58. The van der Waals surface area contributed by atoms with Crippen LogP contribution in [-0.4, -0.2) is 9.78 Å². The number of rotatable bonds is 1. The average molecular weight is 167 g/mol. The lowest BCUT2D eigenvalue weighted by Gasteiger charge is -1.80. The van der Waals surface area contributed by atoms with Crippen LogP contribution in [0.25, 0.3) is 0 Å². The van der Waals surface area contributed by atoms with E-state index in [4.69, 9.17) is 11.6 Å². The molecule has 1 aromatic heterocycles. The molecule has 1 aromatic rings. The molecule has 52 valence electrons. The van der Waals surface area contributed by atoms with E-state index in [1.54, 1.807) is 10.9 Å². The van der Waals surface area contributed by atoms with E-state index in [1.807, 2.05) is 13.2 Å². The van der Waals surface area contributed by atoms with Crippen molar-refractivity contribution in [2.75, 3.05) is 0 Å². The van der Waals surface area contributed by atoms with Gasteiger partial charge in [-0.15, -0.1) is 24.0 Å². The van der Waals surface area contributed by atoms with Gasteiger partial charge in [0.1, 0.15) is 0 Å². The van der Waals surface area contributed by atoms with Crippen molar-refractivity contribution in [2.45, 2.75) is 5.88 Å². The molecule has 9 heavy (non-hydrogen) atoms. The molecule has 0 unspecified atom stereocenters. The van der Waals surface area contributed by atoms with Crippen molar-refractivity contribution in [3.63, 3.8) is 0 Å². The number of hydrogen-bond donors (Lipinski definition) is 0. The van der Waals surface area contributed by atoms with E-state index in [9.17, 15) is 0 Å². The van der Waals surface area contributed by atoms with Crippen molar-refractivity contribution in [2.24, 2.45) is 7.05 Å². The van der Waals surface area contributed by atoms with E-state index in [1.165, 1.54) is 0 Å². The highest BCUT2D eigenvalue weighted by Gasteiger charge is 1.89. The SMILES string of the molecule is Cl.Cn1cc(CCl)cn1. The third-order valence-corrected chi connectivity index (χ3v) is 1.22. The molecule has 0 aliphatic rings. The molecule has 0 aromatic carbocycles. The molecule has 0 amide bonds. The Hall–Kier alpha value is -0.210. The van der Waals surface area contributed by atoms with E-state index in [0.29, 0.717) is 5.88 Å². The molecule has 0 saturated heterocycles. The van der Waals surface area contributed by atoms with Crippen molar-refractivity contribution < 1.29 is 0 Å². The summed E-state index contributed by atoms with van der Waals surface area (Å²) in [7, 11) is 1.87. The lowest BCUT2D eigenvalue weighted by atomic mass is 10.4.